The smallest absolute Gasteiger partial charge is 0.311 e. The summed E-state index contributed by atoms with van der Waals surface area (Å²) < 4.78 is 64.2. The van der Waals surface area contributed by atoms with Gasteiger partial charge in [0.25, 0.3) is 0 Å². The lowest BCUT2D eigenvalue weighted by Crippen LogP contribution is -2.42. The molecule has 0 amide bonds. The number of rotatable bonds is 6. The van der Waals surface area contributed by atoms with Gasteiger partial charge < -0.3 is 5.32 Å². The van der Waals surface area contributed by atoms with E-state index in [0.29, 0.717) is 29.3 Å². The van der Waals surface area contributed by atoms with Crippen LogP contribution in [0.15, 0.2) is 42.6 Å². The minimum absolute atomic E-state index is 0.0237. The topological polar surface area (TPSA) is 71.1 Å². The van der Waals surface area contributed by atoms with Crippen LogP contribution in [0.25, 0.3) is 11.3 Å². The molecule has 5 nitrogen and oxygen atoms in total. The molecule has 1 aromatic heterocycles. The minimum Gasteiger partial charge on any atom is -0.311 e. The molecule has 0 aliphatic heterocycles. The third kappa shape index (κ3) is 5.84. The molecule has 2 N–H and O–H groups in total. The van der Waals surface area contributed by atoms with Crippen molar-refractivity contribution in [2.45, 2.75) is 62.3 Å². The van der Waals surface area contributed by atoms with Crippen molar-refractivity contribution in [3.63, 3.8) is 0 Å². The molecular weight excluding hydrogens is 427 g/mol. The van der Waals surface area contributed by atoms with Gasteiger partial charge in [-0.3, -0.25) is 4.98 Å². The van der Waals surface area contributed by atoms with Crippen LogP contribution in [0.2, 0.25) is 0 Å². The van der Waals surface area contributed by atoms with Gasteiger partial charge in [-0.25, -0.2) is 13.1 Å². The Balaban J connectivity index is 1.31. The summed E-state index contributed by atoms with van der Waals surface area (Å²) in [5.41, 5.74) is 1.38. The molecule has 0 spiro atoms. The number of halogens is 3. The predicted molar refractivity (Wildman–Crippen MR) is 113 cm³/mol. The van der Waals surface area contributed by atoms with Crippen LogP contribution in [0.3, 0.4) is 0 Å². The molecule has 0 unspecified atom stereocenters. The number of hydrogen-bond acceptors (Lipinski definition) is 4. The van der Waals surface area contributed by atoms with Gasteiger partial charge in [-0.1, -0.05) is 18.2 Å². The molecule has 0 saturated heterocycles. The molecule has 2 saturated carbocycles. The van der Waals surface area contributed by atoms with E-state index in [1.807, 2.05) is 6.07 Å². The molecule has 2 aliphatic rings. The average Bonchev–Trinajstić information content (AvgIpc) is 3.47. The summed E-state index contributed by atoms with van der Waals surface area (Å²) in [7, 11) is -3.16. The van der Waals surface area contributed by atoms with Crippen LogP contribution in [0, 0.1) is 0 Å². The Labute approximate surface area is 180 Å². The highest BCUT2D eigenvalue weighted by atomic mass is 32.2. The Hall–Kier alpha value is -1.97. The standard InChI is InChI=1S/C22H26F3N3O2S/c1-31(29,30)28-18-8-6-17(7-9-18)27-21-12-19(21)15-5-10-20(26-13-15)14-3-2-4-16(11-14)22(23,24)25/h2-5,10-11,13,17-19,21,27-28H,6-9,12H2,1H3/t17?,18?,19-,21+/m1/s1. The first-order valence-electron chi connectivity index (χ1n) is 10.5. The van der Waals surface area contributed by atoms with Gasteiger partial charge in [-0.2, -0.15) is 13.2 Å². The third-order valence-electron chi connectivity index (χ3n) is 6.05. The Kier molecular flexibility index (Phi) is 6.11. The quantitative estimate of drug-likeness (QED) is 0.692. The van der Waals surface area contributed by atoms with E-state index in [1.54, 1.807) is 18.3 Å². The van der Waals surface area contributed by atoms with E-state index in [4.69, 9.17) is 0 Å². The molecule has 2 aromatic rings. The third-order valence-corrected chi connectivity index (χ3v) is 6.81. The maximum atomic E-state index is 12.9. The fraction of sp³-hybridized carbons (Fsp3) is 0.500. The molecule has 0 radical (unpaired) electrons. The molecule has 2 aliphatic carbocycles. The SMILES string of the molecule is CS(=O)(=O)NC1CCC(N[C@H]2C[C@@H]2c2ccc(-c3cccc(C(F)(F)F)c3)nc2)CC1. The van der Waals surface area contributed by atoms with E-state index in [-0.39, 0.29) is 6.04 Å². The van der Waals surface area contributed by atoms with E-state index in [1.165, 1.54) is 12.3 Å². The van der Waals surface area contributed by atoms with Gasteiger partial charge in [0.1, 0.15) is 0 Å². The number of hydrogen-bond donors (Lipinski definition) is 2. The number of aromatic nitrogens is 1. The van der Waals surface area contributed by atoms with Crippen molar-refractivity contribution in [2.24, 2.45) is 0 Å². The Morgan fingerprint density at radius 1 is 1.03 bits per heavy atom. The highest BCUT2D eigenvalue weighted by Gasteiger charge is 2.40. The van der Waals surface area contributed by atoms with E-state index in [0.717, 1.165) is 49.8 Å². The van der Waals surface area contributed by atoms with Crippen molar-refractivity contribution in [1.29, 1.82) is 0 Å². The van der Waals surface area contributed by atoms with Gasteiger partial charge in [0, 0.05) is 35.8 Å². The zero-order valence-electron chi connectivity index (χ0n) is 17.2. The number of benzene rings is 1. The van der Waals surface area contributed by atoms with E-state index < -0.39 is 21.8 Å². The highest BCUT2D eigenvalue weighted by Crippen LogP contribution is 2.42. The van der Waals surface area contributed by atoms with Crippen molar-refractivity contribution >= 4 is 10.0 Å². The van der Waals surface area contributed by atoms with Crippen molar-refractivity contribution in [3.8, 4) is 11.3 Å². The van der Waals surface area contributed by atoms with Gasteiger partial charge in [-0.05, 0) is 55.9 Å². The number of sulfonamides is 1. The summed E-state index contributed by atoms with van der Waals surface area (Å²) >= 11 is 0. The number of nitrogens with zero attached hydrogens (tertiary/aromatic N) is 1. The molecule has 2 fully saturated rings. The maximum Gasteiger partial charge on any atom is 0.416 e. The van der Waals surface area contributed by atoms with Crippen molar-refractivity contribution in [1.82, 2.24) is 15.0 Å². The van der Waals surface area contributed by atoms with E-state index in [9.17, 15) is 21.6 Å². The van der Waals surface area contributed by atoms with Crippen molar-refractivity contribution in [3.05, 3.63) is 53.7 Å². The summed E-state index contributed by atoms with van der Waals surface area (Å²) in [6, 6.07) is 9.71. The van der Waals surface area contributed by atoms with Gasteiger partial charge in [0.15, 0.2) is 0 Å². The lowest BCUT2D eigenvalue weighted by atomic mass is 9.91. The highest BCUT2D eigenvalue weighted by molar-refractivity contribution is 7.88. The molecule has 2 atom stereocenters. The lowest BCUT2D eigenvalue weighted by Gasteiger charge is -2.29. The Bertz CT molecular complexity index is 1020. The zero-order chi connectivity index (χ0) is 22.2. The molecule has 9 heteroatoms. The van der Waals surface area contributed by atoms with Crippen LogP contribution >= 0.6 is 0 Å². The molecular formula is C22H26F3N3O2S. The molecule has 0 bridgehead atoms. The molecule has 31 heavy (non-hydrogen) atoms. The maximum absolute atomic E-state index is 12.9. The van der Waals surface area contributed by atoms with Crippen LogP contribution in [0.5, 0.6) is 0 Å². The normalized spacial score (nSPS) is 26.6. The van der Waals surface area contributed by atoms with E-state index >= 15 is 0 Å². The first kappa shape index (κ1) is 22.2. The molecule has 1 aromatic carbocycles. The fourth-order valence-electron chi connectivity index (χ4n) is 4.38. The van der Waals surface area contributed by atoms with Crippen LogP contribution in [-0.2, 0) is 16.2 Å². The van der Waals surface area contributed by atoms with Gasteiger partial charge >= 0.3 is 6.18 Å². The summed E-state index contributed by atoms with van der Waals surface area (Å²) in [5.74, 6) is 0.356. The van der Waals surface area contributed by atoms with Gasteiger partial charge in [0.05, 0.1) is 17.5 Å². The average molecular weight is 454 g/mol. The van der Waals surface area contributed by atoms with Crippen LogP contribution in [0.1, 0.15) is 49.1 Å². The van der Waals surface area contributed by atoms with Gasteiger partial charge in [-0.15, -0.1) is 0 Å². The van der Waals surface area contributed by atoms with Crippen molar-refractivity contribution < 1.29 is 21.6 Å². The largest absolute Gasteiger partial charge is 0.416 e. The van der Waals surface area contributed by atoms with Crippen LogP contribution < -0.4 is 10.0 Å². The fourth-order valence-corrected chi connectivity index (χ4v) is 5.22. The number of nitrogens with one attached hydrogen (secondary N) is 2. The molecule has 4 rings (SSSR count). The first-order valence-corrected chi connectivity index (χ1v) is 12.3. The zero-order valence-corrected chi connectivity index (χ0v) is 18.0. The summed E-state index contributed by atoms with van der Waals surface area (Å²) in [4.78, 5) is 4.40. The molecule has 168 valence electrons. The minimum atomic E-state index is -4.37. The van der Waals surface area contributed by atoms with Crippen molar-refractivity contribution in [2.75, 3.05) is 6.26 Å². The summed E-state index contributed by atoms with van der Waals surface area (Å²) in [6.07, 6.45) is 3.11. The molecule has 1 heterocycles. The second kappa shape index (κ2) is 8.52. The Morgan fingerprint density at radius 3 is 2.35 bits per heavy atom. The summed E-state index contributed by atoms with van der Waals surface area (Å²) in [6.45, 7) is 0. The summed E-state index contributed by atoms with van der Waals surface area (Å²) in [5, 5.41) is 3.67. The monoisotopic (exact) mass is 453 g/mol. The van der Waals surface area contributed by atoms with Crippen LogP contribution in [-0.4, -0.2) is 37.8 Å². The van der Waals surface area contributed by atoms with E-state index in [2.05, 4.69) is 15.0 Å². The Morgan fingerprint density at radius 2 is 1.74 bits per heavy atom. The van der Waals surface area contributed by atoms with Crippen LogP contribution in [0.4, 0.5) is 13.2 Å². The first-order chi connectivity index (χ1) is 14.6. The second-order valence-electron chi connectivity index (χ2n) is 8.61. The van der Waals surface area contributed by atoms with Gasteiger partial charge in [0.2, 0.25) is 10.0 Å². The number of pyridine rings is 1. The second-order valence-corrected chi connectivity index (χ2v) is 10.4. The predicted octanol–water partition coefficient (Wildman–Crippen LogP) is 4.07. The lowest BCUT2D eigenvalue weighted by molar-refractivity contribution is -0.137. The number of alkyl halides is 3.